The number of nitrogens with zero attached hydrogens (tertiary/aromatic N) is 5. The van der Waals surface area contributed by atoms with E-state index in [0.29, 0.717) is 5.69 Å². The Balaban J connectivity index is 1.28. The number of methoxy groups -OCH3 is 1. The van der Waals surface area contributed by atoms with Crippen LogP contribution in [0.2, 0.25) is 0 Å². The summed E-state index contributed by atoms with van der Waals surface area (Å²) < 4.78 is 5.25. The van der Waals surface area contributed by atoms with Gasteiger partial charge < -0.3 is 19.4 Å². The van der Waals surface area contributed by atoms with Crippen LogP contribution in [-0.2, 0) is 0 Å². The Morgan fingerprint density at radius 1 is 1.00 bits per heavy atom. The zero-order valence-corrected chi connectivity index (χ0v) is 19.4. The maximum atomic E-state index is 12.9. The Bertz CT molecular complexity index is 840. The lowest BCUT2D eigenvalue weighted by atomic mass is 10.2. The fourth-order valence-corrected chi connectivity index (χ4v) is 5.03. The lowest BCUT2D eigenvalue weighted by Gasteiger charge is -2.36. The number of hydrogen-bond acceptors (Lipinski definition) is 7. The number of aromatic nitrogens is 1. The zero-order valence-electron chi connectivity index (χ0n) is 18.6. The van der Waals surface area contributed by atoms with Crippen molar-refractivity contribution < 1.29 is 9.53 Å². The number of ether oxygens (including phenoxy) is 1. The molecule has 168 valence electrons. The maximum Gasteiger partial charge on any atom is 0.273 e. The van der Waals surface area contributed by atoms with Crippen molar-refractivity contribution in [3.05, 3.63) is 35.3 Å². The molecule has 31 heavy (non-hydrogen) atoms. The highest BCUT2D eigenvalue weighted by molar-refractivity contribution is 7.13. The average molecular weight is 444 g/mol. The van der Waals surface area contributed by atoms with Crippen molar-refractivity contribution in [3.63, 3.8) is 0 Å². The monoisotopic (exact) mass is 443 g/mol. The van der Waals surface area contributed by atoms with E-state index in [1.165, 1.54) is 18.5 Å². The first-order valence-corrected chi connectivity index (χ1v) is 12.2. The molecular formula is C23H33N5O2S. The second-order valence-corrected chi connectivity index (χ2v) is 9.01. The molecule has 4 rings (SSSR count). The smallest absolute Gasteiger partial charge is 0.273 e. The van der Waals surface area contributed by atoms with Crippen LogP contribution < -0.4 is 14.5 Å². The fraction of sp³-hybridized carbons (Fsp3) is 0.565. The summed E-state index contributed by atoms with van der Waals surface area (Å²) in [6.07, 6.45) is 2.45. The van der Waals surface area contributed by atoms with Crippen LogP contribution in [0.15, 0.2) is 29.6 Å². The van der Waals surface area contributed by atoms with E-state index in [-0.39, 0.29) is 5.91 Å². The van der Waals surface area contributed by atoms with E-state index in [9.17, 15) is 4.79 Å². The Morgan fingerprint density at radius 2 is 1.68 bits per heavy atom. The summed E-state index contributed by atoms with van der Waals surface area (Å²) in [6.45, 7) is 10.6. The standard InChI is InChI=1S/C23H33N5O2S/c1-3-4-9-25-10-12-27(13-11-25)22(29)21-18-31-23(24-21)28-16-14-26(15-17-28)19-5-7-20(30-2)8-6-19/h5-8,18H,3-4,9-17H2,1-2H3. The number of benzene rings is 1. The molecule has 2 aromatic rings. The quantitative estimate of drug-likeness (QED) is 0.656. The van der Waals surface area contributed by atoms with Crippen LogP contribution in [0.4, 0.5) is 10.8 Å². The molecule has 2 fully saturated rings. The maximum absolute atomic E-state index is 12.9. The highest BCUT2D eigenvalue weighted by Crippen LogP contribution is 2.25. The van der Waals surface area contributed by atoms with Gasteiger partial charge in [0.05, 0.1) is 7.11 Å². The van der Waals surface area contributed by atoms with Crippen LogP contribution in [-0.4, -0.2) is 86.7 Å². The number of carbonyl (C=O) groups is 1. The molecule has 1 amide bonds. The van der Waals surface area contributed by atoms with Gasteiger partial charge in [-0.3, -0.25) is 9.69 Å². The SMILES string of the molecule is CCCCN1CCN(C(=O)c2csc(N3CCN(c4ccc(OC)cc4)CC3)n2)CC1. The van der Waals surface area contributed by atoms with Gasteiger partial charge in [-0.2, -0.15) is 0 Å². The molecule has 0 bridgehead atoms. The minimum Gasteiger partial charge on any atom is -0.497 e. The molecule has 2 saturated heterocycles. The summed E-state index contributed by atoms with van der Waals surface area (Å²) in [6, 6.07) is 8.22. The van der Waals surface area contributed by atoms with Gasteiger partial charge in [0, 0.05) is 63.4 Å². The third-order valence-corrected chi connectivity index (χ3v) is 7.09. The van der Waals surface area contributed by atoms with E-state index in [4.69, 9.17) is 9.72 Å². The first kappa shape index (κ1) is 21.9. The van der Waals surface area contributed by atoms with Gasteiger partial charge in [-0.25, -0.2) is 4.98 Å². The number of carbonyl (C=O) groups excluding carboxylic acids is 1. The topological polar surface area (TPSA) is 52.2 Å². The first-order chi connectivity index (χ1) is 15.2. The Kier molecular flexibility index (Phi) is 7.29. The lowest BCUT2D eigenvalue weighted by Crippen LogP contribution is -2.49. The van der Waals surface area contributed by atoms with Gasteiger partial charge in [-0.15, -0.1) is 11.3 Å². The van der Waals surface area contributed by atoms with E-state index in [0.717, 1.165) is 69.8 Å². The molecule has 1 aromatic heterocycles. The average Bonchev–Trinajstić information content (AvgIpc) is 3.33. The van der Waals surface area contributed by atoms with Crippen molar-refractivity contribution >= 4 is 28.1 Å². The molecular weight excluding hydrogens is 410 g/mol. The molecule has 7 nitrogen and oxygen atoms in total. The van der Waals surface area contributed by atoms with E-state index < -0.39 is 0 Å². The van der Waals surface area contributed by atoms with Crippen LogP contribution in [0.1, 0.15) is 30.3 Å². The van der Waals surface area contributed by atoms with Gasteiger partial charge >= 0.3 is 0 Å². The molecule has 1 aromatic carbocycles. The number of anilines is 2. The number of unbranched alkanes of at least 4 members (excludes halogenated alkanes) is 1. The molecule has 0 unspecified atom stereocenters. The van der Waals surface area contributed by atoms with Crippen molar-refractivity contribution in [2.24, 2.45) is 0 Å². The van der Waals surface area contributed by atoms with Crippen LogP contribution in [0.5, 0.6) is 5.75 Å². The van der Waals surface area contributed by atoms with Crippen molar-refractivity contribution in [3.8, 4) is 5.75 Å². The largest absolute Gasteiger partial charge is 0.497 e. The van der Waals surface area contributed by atoms with Crippen LogP contribution in [0.3, 0.4) is 0 Å². The van der Waals surface area contributed by atoms with Crippen LogP contribution in [0, 0.1) is 0 Å². The molecule has 3 heterocycles. The van der Waals surface area contributed by atoms with E-state index in [2.05, 4.69) is 33.8 Å². The van der Waals surface area contributed by atoms with Gasteiger partial charge in [0.2, 0.25) is 0 Å². The summed E-state index contributed by atoms with van der Waals surface area (Å²) in [5, 5.41) is 2.89. The minimum absolute atomic E-state index is 0.0783. The van der Waals surface area contributed by atoms with Crippen molar-refractivity contribution in [2.45, 2.75) is 19.8 Å². The summed E-state index contributed by atoms with van der Waals surface area (Å²) in [4.78, 5) is 26.7. The molecule has 0 saturated carbocycles. The molecule has 0 radical (unpaired) electrons. The predicted octanol–water partition coefficient (Wildman–Crippen LogP) is 3.04. The predicted molar refractivity (Wildman–Crippen MR) is 127 cm³/mol. The van der Waals surface area contributed by atoms with Crippen LogP contribution >= 0.6 is 11.3 Å². The Labute approximate surface area is 189 Å². The lowest BCUT2D eigenvalue weighted by molar-refractivity contribution is 0.0631. The molecule has 2 aliphatic rings. The number of amides is 1. The van der Waals surface area contributed by atoms with Gasteiger partial charge in [0.15, 0.2) is 5.13 Å². The van der Waals surface area contributed by atoms with Gasteiger partial charge in [0.25, 0.3) is 5.91 Å². The third kappa shape index (κ3) is 5.30. The van der Waals surface area contributed by atoms with E-state index in [1.807, 2.05) is 22.4 Å². The number of hydrogen-bond donors (Lipinski definition) is 0. The van der Waals surface area contributed by atoms with Gasteiger partial charge in [-0.05, 0) is 37.2 Å². The Hall–Kier alpha value is -2.32. The molecule has 8 heteroatoms. The molecule has 2 aliphatic heterocycles. The summed E-state index contributed by atoms with van der Waals surface area (Å²) in [5.74, 6) is 0.958. The molecule has 0 N–H and O–H groups in total. The highest BCUT2D eigenvalue weighted by Gasteiger charge is 2.25. The van der Waals surface area contributed by atoms with E-state index >= 15 is 0 Å². The summed E-state index contributed by atoms with van der Waals surface area (Å²) in [7, 11) is 1.69. The van der Waals surface area contributed by atoms with Crippen LogP contribution in [0.25, 0.3) is 0 Å². The van der Waals surface area contributed by atoms with Gasteiger partial charge in [-0.1, -0.05) is 13.3 Å². The fourth-order valence-electron chi connectivity index (χ4n) is 4.18. The summed E-state index contributed by atoms with van der Waals surface area (Å²) in [5.41, 5.74) is 1.81. The molecule has 0 aliphatic carbocycles. The highest BCUT2D eigenvalue weighted by atomic mass is 32.1. The van der Waals surface area contributed by atoms with Crippen molar-refractivity contribution in [1.29, 1.82) is 0 Å². The third-order valence-electron chi connectivity index (χ3n) is 6.19. The van der Waals surface area contributed by atoms with Crippen molar-refractivity contribution in [1.82, 2.24) is 14.8 Å². The molecule has 0 spiro atoms. The second-order valence-electron chi connectivity index (χ2n) is 8.17. The molecule has 0 atom stereocenters. The van der Waals surface area contributed by atoms with E-state index in [1.54, 1.807) is 18.4 Å². The second kappa shape index (κ2) is 10.3. The normalized spacial score (nSPS) is 17.8. The summed E-state index contributed by atoms with van der Waals surface area (Å²) >= 11 is 1.58. The van der Waals surface area contributed by atoms with Crippen molar-refractivity contribution in [2.75, 3.05) is 75.8 Å². The first-order valence-electron chi connectivity index (χ1n) is 11.3. The zero-order chi connectivity index (χ0) is 21.6. The number of piperazine rings is 2. The number of thiazole rings is 1. The minimum atomic E-state index is 0.0783. The van der Waals surface area contributed by atoms with Gasteiger partial charge in [0.1, 0.15) is 11.4 Å². The number of rotatable bonds is 7. The Morgan fingerprint density at radius 3 is 2.32 bits per heavy atom.